The number of anilines is 1. The largest absolute Gasteiger partial charge is 0.301 e. The Morgan fingerprint density at radius 1 is 0.944 bits per heavy atom. The molecule has 0 amide bonds. The van der Waals surface area contributed by atoms with Crippen LogP contribution >= 0.6 is 11.3 Å². The lowest BCUT2D eigenvalue weighted by atomic mass is 9.71. The van der Waals surface area contributed by atoms with Crippen molar-refractivity contribution in [1.82, 2.24) is 5.01 Å². The predicted octanol–water partition coefficient (Wildman–Crippen LogP) is 6.50. The molecule has 188 valence electrons. The summed E-state index contributed by atoms with van der Waals surface area (Å²) in [5.74, 6) is 0.0259. The Labute approximate surface area is 213 Å². The molecule has 2 aromatic rings. The summed E-state index contributed by atoms with van der Waals surface area (Å²) in [7, 11) is 0. The van der Waals surface area contributed by atoms with Crippen molar-refractivity contribution in [3.05, 3.63) is 89.7 Å². The lowest BCUT2D eigenvalue weighted by Crippen LogP contribution is -2.28. The SMILES string of the molecule is CC(C)(C)C1=CC(=C(c2cccs2)N2CN2c2ccc([N+](=O)[O-])cc2[N+](=O)[O-])C=C(C(C)(C)C)C1=O. The minimum absolute atomic E-state index is 0.0259. The Morgan fingerprint density at radius 2 is 1.56 bits per heavy atom. The zero-order valence-corrected chi connectivity index (χ0v) is 21.9. The Bertz CT molecular complexity index is 1320. The third kappa shape index (κ3) is 4.68. The van der Waals surface area contributed by atoms with Gasteiger partial charge in [-0.15, -0.1) is 11.3 Å². The van der Waals surface area contributed by atoms with E-state index in [2.05, 4.69) is 0 Å². The number of nitrogens with zero attached hydrogens (tertiary/aromatic N) is 4. The average molecular weight is 509 g/mol. The van der Waals surface area contributed by atoms with Gasteiger partial charge < -0.3 is 0 Å². The van der Waals surface area contributed by atoms with Crippen molar-refractivity contribution in [1.29, 1.82) is 0 Å². The number of carbonyl (C=O) groups is 1. The molecule has 0 N–H and O–H groups in total. The highest BCUT2D eigenvalue weighted by Crippen LogP contribution is 2.46. The molecular weight excluding hydrogens is 480 g/mol. The highest BCUT2D eigenvalue weighted by molar-refractivity contribution is 7.11. The van der Waals surface area contributed by atoms with Gasteiger partial charge in [0.05, 0.1) is 26.5 Å². The van der Waals surface area contributed by atoms with Gasteiger partial charge in [0.25, 0.3) is 5.69 Å². The quantitative estimate of drug-likeness (QED) is 0.258. The fourth-order valence-corrected chi connectivity index (χ4v) is 4.99. The summed E-state index contributed by atoms with van der Waals surface area (Å²) >= 11 is 1.53. The van der Waals surface area contributed by atoms with Gasteiger partial charge in [0.1, 0.15) is 12.4 Å². The molecule has 36 heavy (non-hydrogen) atoms. The van der Waals surface area contributed by atoms with Gasteiger partial charge in [-0.25, -0.2) is 0 Å². The van der Waals surface area contributed by atoms with E-state index >= 15 is 0 Å². The van der Waals surface area contributed by atoms with Gasteiger partial charge in [-0.3, -0.25) is 35.0 Å². The van der Waals surface area contributed by atoms with Crippen LogP contribution in [-0.2, 0) is 4.79 Å². The Morgan fingerprint density at radius 3 is 2.03 bits per heavy atom. The maximum atomic E-state index is 13.4. The topological polar surface area (TPSA) is 109 Å². The number of benzene rings is 1. The number of hydrogen-bond acceptors (Lipinski definition) is 8. The summed E-state index contributed by atoms with van der Waals surface area (Å²) in [6.45, 7) is 12.4. The summed E-state index contributed by atoms with van der Waals surface area (Å²) < 4.78 is 0. The summed E-state index contributed by atoms with van der Waals surface area (Å²) in [5.41, 5.74) is 1.91. The molecule has 0 spiro atoms. The number of ketones is 1. The number of hydrogen-bond donors (Lipinski definition) is 0. The molecule has 0 radical (unpaired) electrons. The molecule has 2 heterocycles. The standard InChI is InChI=1S/C26H28N4O5S/c1-25(2,3)18-12-16(13-19(24(18)31)26(4,5)6)23(22-8-7-11-36-22)28-15-27(28)20-10-9-17(29(32)33)14-21(20)30(34)35/h7-14H,15H2,1-6H3. The number of carbonyl (C=O) groups excluding carboxylic acids is 1. The average Bonchev–Trinajstić information content (AvgIpc) is 3.35. The van der Waals surface area contributed by atoms with Gasteiger partial charge in [0, 0.05) is 22.8 Å². The molecule has 1 aromatic heterocycles. The molecule has 1 fully saturated rings. The van der Waals surface area contributed by atoms with E-state index in [9.17, 15) is 25.0 Å². The van der Waals surface area contributed by atoms with Crippen LogP contribution in [0.4, 0.5) is 17.1 Å². The molecule has 1 aromatic carbocycles. The maximum absolute atomic E-state index is 13.4. The van der Waals surface area contributed by atoms with Crippen LogP contribution in [0.5, 0.6) is 0 Å². The third-order valence-electron chi connectivity index (χ3n) is 6.11. The smallest absolute Gasteiger partial charge is 0.289 e. The van der Waals surface area contributed by atoms with Gasteiger partial charge in [0.15, 0.2) is 5.78 Å². The van der Waals surface area contributed by atoms with E-state index in [1.165, 1.54) is 23.5 Å². The zero-order chi connectivity index (χ0) is 26.6. The molecule has 1 aliphatic carbocycles. The van der Waals surface area contributed by atoms with Crippen LogP contribution in [0.2, 0.25) is 0 Å². The van der Waals surface area contributed by atoms with E-state index in [4.69, 9.17) is 0 Å². The van der Waals surface area contributed by atoms with Crippen molar-refractivity contribution >= 4 is 39.9 Å². The van der Waals surface area contributed by atoms with Crippen LogP contribution in [0.3, 0.4) is 0 Å². The second kappa shape index (κ2) is 8.70. The van der Waals surface area contributed by atoms with Gasteiger partial charge in [-0.05, 0) is 40.5 Å². The molecule has 10 heteroatoms. The number of thiophene rings is 1. The predicted molar refractivity (Wildman–Crippen MR) is 140 cm³/mol. The van der Waals surface area contributed by atoms with Crippen LogP contribution in [0, 0.1) is 31.1 Å². The summed E-state index contributed by atoms with van der Waals surface area (Å²) in [5, 5.41) is 28.5. The first kappa shape index (κ1) is 25.3. The van der Waals surface area contributed by atoms with Crippen molar-refractivity contribution in [3.63, 3.8) is 0 Å². The molecule has 0 unspecified atom stereocenters. The molecule has 0 saturated carbocycles. The summed E-state index contributed by atoms with van der Waals surface area (Å²) in [6, 6.07) is 7.56. The summed E-state index contributed by atoms with van der Waals surface area (Å²) in [4.78, 5) is 36.1. The number of hydrazine groups is 1. The molecule has 1 saturated heterocycles. The highest BCUT2D eigenvalue weighted by atomic mass is 32.1. The first-order chi connectivity index (χ1) is 16.7. The molecule has 2 aliphatic rings. The second-order valence-corrected chi connectivity index (χ2v) is 11.8. The molecule has 9 nitrogen and oxygen atoms in total. The number of nitro groups is 2. The maximum Gasteiger partial charge on any atom is 0.301 e. The molecule has 0 bridgehead atoms. The Balaban J connectivity index is 1.89. The lowest BCUT2D eigenvalue weighted by molar-refractivity contribution is -0.393. The Hall–Kier alpha value is -3.79. The van der Waals surface area contributed by atoms with Crippen LogP contribution < -0.4 is 5.01 Å². The molecule has 4 rings (SSSR count). The number of Topliss-reactive ketones (excluding diaryl/α,β-unsaturated/α-hetero) is 1. The second-order valence-electron chi connectivity index (χ2n) is 10.9. The molecule has 1 aliphatic heterocycles. The van der Waals surface area contributed by atoms with E-state index in [1.807, 2.05) is 76.2 Å². The number of rotatable bonds is 5. The normalized spacial score (nSPS) is 16.1. The van der Waals surface area contributed by atoms with Crippen LogP contribution in [-0.4, -0.2) is 27.3 Å². The minimum atomic E-state index is -0.646. The van der Waals surface area contributed by atoms with Crippen molar-refractivity contribution < 1.29 is 14.6 Å². The van der Waals surface area contributed by atoms with Crippen LogP contribution in [0.1, 0.15) is 46.4 Å². The van der Waals surface area contributed by atoms with E-state index in [-0.39, 0.29) is 33.7 Å². The van der Waals surface area contributed by atoms with Gasteiger partial charge in [0.2, 0.25) is 0 Å². The van der Waals surface area contributed by atoms with Crippen LogP contribution in [0.15, 0.2) is 64.6 Å². The van der Waals surface area contributed by atoms with Crippen molar-refractivity contribution in [2.24, 2.45) is 10.8 Å². The number of nitro benzene ring substituents is 2. The van der Waals surface area contributed by atoms with Crippen molar-refractivity contribution in [3.8, 4) is 0 Å². The van der Waals surface area contributed by atoms with E-state index in [1.54, 1.807) is 5.01 Å². The zero-order valence-electron chi connectivity index (χ0n) is 21.1. The van der Waals surface area contributed by atoms with E-state index in [0.717, 1.165) is 22.2 Å². The first-order valence-corrected chi connectivity index (χ1v) is 12.3. The highest BCUT2D eigenvalue weighted by Gasteiger charge is 2.42. The van der Waals surface area contributed by atoms with E-state index in [0.29, 0.717) is 17.8 Å². The van der Waals surface area contributed by atoms with Gasteiger partial charge >= 0.3 is 5.69 Å². The third-order valence-corrected chi connectivity index (χ3v) is 6.99. The monoisotopic (exact) mass is 508 g/mol. The number of allylic oxidation sites excluding steroid dienone is 5. The number of non-ortho nitro benzene ring substituents is 1. The van der Waals surface area contributed by atoms with Gasteiger partial charge in [-0.1, -0.05) is 47.6 Å². The molecule has 0 atom stereocenters. The Kier molecular flexibility index (Phi) is 6.12. The fourth-order valence-electron chi connectivity index (χ4n) is 4.20. The fraction of sp³-hybridized carbons (Fsp3) is 0.346. The van der Waals surface area contributed by atoms with Crippen LogP contribution in [0.25, 0.3) is 5.70 Å². The minimum Gasteiger partial charge on any atom is -0.289 e. The molecular formula is C26H28N4O5S. The van der Waals surface area contributed by atoms with Gasteiger partial charge in [-0.2, -0.15) is 0 Å². The summed E-state index contributed by atoms with van der Waals surface area (Å²) in [6.07, 6.45) is 3.85. The lowest BCUT2D eigenvalue weighted by Gasteiger charge is -2.32. The first-order valence-electron chi connectivity index (χ1n) is 11.4. The van der Waals surface area contributed by atoms with E-state index < -0.39 is 9.85 Å². The van der Waals surface area contributed by atoms with Crippen molar-refractivity contribution in [2.45, 2.75) is 41.5 Å². The van der Waals surface area contributed by atoms with Crippen molar-refractivity contribution in [2.75, 3.05) is 11.7 Å².